The fourth-order valence-corrected chi connectivity index (χ4v) is 3.06. The lowest BCUT2D eigenvalue weighted by Crippen LogP contribution is -2.31. The van der Waals surface area contributed by atoms with Crippen LogP contribution in [0.3, 0.4) is 0 Å². The normalized spacial score (nSPS) is 16.7. The van der Waals surface area contributed by atoms with Gasteiger partial charge in [0.2, 0.25) is 0 Å². The highest BCUT2D eigenvalue weighted by Gasteiger charge is 2.33. The maximum Gasteiger partial charge on any atom is 0.177 e. The van der Waals surface area contributed by atoms with E-state index in [2.05, 4.69) is 5.40 Å². The van der Waals surface area contributed by atoms with E-state index in [0.29, 0.717) is 16.5 Å². The highest BCUT2D eigenvalue weighted by molar-refractivity contribution is 8.05. The Hall–Kier alpha value is -0.980. The van der Waals surface area contributed by atoms with E-state index >= 15 is 0 Å². The van der Waals surface area contributed by atoms with Crippen LogP contribution in [0.4, 0.5) is 0 Å². The summed E-state index contributed by atoms with van der Waals surface area (Å²) in [5.74, 6) is 0.421. The third kappa shape index (κ3) is 2.71. The summed E-state index contributed by atoms with van der Waals surface area (Å²) < 4.78 is 0. The molecule has 0 aromatic heterocycles. The van der Waals surface area contributed by atoms with Crippen molar-refractivity contribution in [1.29, 1.82) is 5.26 Å². The van der Waals surface area contributed by atoms with E-state index < -0.39 is 0 Å². The SMILES string of the molecule is Cc1cc(C(=O)C(SC#N)C2CCC2)ccc1Cl. The number of nitrogens with zero attached hydrogens (tertiary/aromatic N) is 1. The number of hydrogen-bond acceptors (Lipinski definition) is 3. The Morgan fingerprint density at radius 1 is 1.56 bits per heavy atom. The number of carbonyl (C=O) groups is 1. The molecule has 0 heterocycles. The minimum absolute atomic E-state index is 0.0611. The summed E-state index contributed by atoms with van der Waals surface area (Å²) in [7, 11) is 0. The lowest BCUT2D eigenvalue weighted by atomic mass is 9.80. The number of hydrogen-bond donors (Lipinski definition) is 0. The standard InChI is InChI=1S/C14H14ClNOS/c1-9-7-11(5-6-12(9)15)13(17)14(18-8-16)10-3-2-4-10/h5-7,10,14H,2-4H2,1H3. The van der Waals surface area contributed by atoms with Crippen LogP contribution >= 0.6 is 23.4 Å². The summed E-state index contributed by atoms with van der Waals surface area (Å²) in [5.41, 5.74) is 1.56. The lowest BCUT2D eigenvalue weighted by Gasteiger charge is -2.30. The van der Waals surface area contributed by atoms with Crippen molar-refractivity contribution in [3.63, 3.8) is 0 Å². The molecule has 0 amide bonds. The van der Waals surface area contributed by atoms with E-state index in [1.54, 1.807) is 12.1 Å². The van der Waals surface area contributed by atoms with Crippen LogP contribution < -0.4 is 0 Å². The summed E-state index contributed by atoms with van der Waals surface area (Å²) in [4.78, 5) is 12.4. The lowest BCUT2D eigenvalue weighted by molar-refractivity contribution is 0.0948. The van der Waals surface area contributed by atoms with Crippen LogP contribution in [0.1, 0.15) is 35.2 Å². The minimum atomic E-state index is -0.218. The van der Waals surface area contributed by atoms with E-state index in [-0.39, 0.29) is 11.0 Å². The Kier molecular flexibility index (Phi) is 4.31. The van der Waals surface area contributed by atoms with Crippen molar-refractivity contribution in [2.24, 2.45) is 5.92 Å². The van der Waals surface area contributed by atoms with Gasteiger partial charge < -0.3 is 0 Å². The van der Waals surface area contributed by atoms with Crippen molar-refractivity contribution in [2.75, 3.05) is 0 Å². The molecular formula is C14H14ClNOS. The molecule has 1 aromatic rings. The summed E-state index contributed by atoms with van der Waals surface area (Å²) in [6.07, 6.45) is 3.27. The molecule has 1 atom stereocenters. The molecule has 0 bridgehead atoms. The van der Waals surface area contributed by atoms with E-state index in [1.165, 1.54) is 6.42 Å². The van der Waals surface area contributed by atoms with Crippen LogP contribution in [-0.2, 0) is 0 Å². The first kappa shape index (κ1) is 13.5. The zero-order valence-electron chi connectivity index (χ0n) is 10.1. The van der Waals surface area contributed by atoms with Crippen LogP contribution in [0.2, 0.25) is 5.02 Å². The molecule has 1 fully saturated rings. The zero-order chi connectivity index (χ0) is 13.1. The topological polar surface area (TPSA) is 40.9 Å². The van der Waals surface area contributed by atoms with Crippen LogP contribution in [-0.4, -0.2) is 11.0 Å². The quantitative estimate of drug-likeness (QED) is 0.612. The van der Waals surface area contributed by atoms with Crippen molar-refractivity contribution in [2.45, 2.75) is 31.4 Å². The van der Waals surface area contributed by atoms with Gasteiger partial charge in [0.25, 0.3) is 0 Å². The van der Waals surface area contributed by atoms with Crippen molar-refractivity contribution in [3.8, 4) is 5.40 Å². The summed E-state index contributed by atoms with van der Waals surface area (Å²) >= 11 is 7.05. The monoisotopic (exact) mass is 279 g/mol. The van der Waals surface area contributed by atoms with E-state index in [1.807, 2.05) is 13.0 Å². The fourth-order valence-electron chi connectivity index (χ4n) is 2.13. The number of nitriles is 1. The molecule has 2 nitrogen and oxygen atoms in total. The van der Waals surface area contributed by atoms with Gasteiger partial charge in [-0.2, -0.15) is 5.26 Å². The molecule has 0 radical (unpaired) electrons. The maximum absolute atomic E-state index is 12.4. The summed E-state index contributed by atoms with van der Waals surface area (Å²) in [6, 6.07) is 5.31. The molecule has 1 saturated carbocycles. The third-order valence-corrected chi connectivity index (χ3v) is 4.84. The van der Waals surface area contributed by atoms with E-state index in [0.717, 1.165) is 30.2 Å². The first-order valence-electron chi connectivity index (χ1n) is 5.98. The molecule has 0 saturated heterocycles. The van der Waals surface area contributed by atoms with Gasteiger partial charge in [0.05, 0.1) is 5.25 Å². The van der Waals surface area contributed by atoms with E-state index in [9.17, 15) is 4.79 Å². The first-order chi connectivity index (χ1) is 8.63. The fraction of sp³-hybridized carbons (Fsp3) is 0.429. The molecule has 4 heteroatoms. The number of thioether (sulfide) groups is 1. The van der Waals surface area contributed by atoms with Crippen molar-refractivity contribution >= 4 is 29.1 Å². The van der Waals surface area contributed by atoms with Crippen molar-refractivity contribution < 1.29 is 4.79 Å². The van der Waals surface area contributed by atoms with Crippen LogP contribution in [0, 0.1) is 23.5 Å². The predicted molar refractivity (Wildman–Crippen MR) is 74.9 cm³/mol. The molecule has 1 aliphatic carbocycles. The summed E-state index contributed by atoms with van der Waals surface area (Å²) in [5, 5.41) is 11.4. The zero-order valence-corrected chi connectivity index (χ0v) is 11.7. The molecule has 0 aliphatic heterocycles. The number of benzene rings is 1. The minimum Gasteiger partial charge on any atom is -0.293 e. The van der Waals surface area contributed by atoms with Gasteiger partial charge in [-0.05, 0) is 61.2 Å². The van der Waals surface area contributed by atoms with Gasteiger partial charge in [-0.25, -0.2) is 0 Å². The second-order valence-corrected chi connectivity index (χ2v) is 5.98. The number of rotatable bonds is 4. The Morgan fingerprint density at radius 3 is 2.78 bits per heavy atom. The molecule has 1 unspecified atom stereocenters. The van der Waals surface area contributed by atoms with E-state index in [4.69, 9.17) is 16.9 Å². The molecule has 94 valence electrons. The molecular weight excluding hydrogens is 266 g/mol. The second-order valence-electron chi connectivity index (χ2n) is 4.65. The van der Waals surface area contributed by atoms with Gasteiger partial charge in [0.1, 0.15) is 5.40 Å². The number of ketones is 1. The average molecular weight is 280 g/mol. The third-order valence-electron chi connectivity index (χ3n) is 3.46. The van der Waals surface area contributed by atoms with Crippen LogP contribution in [0.5, 0.6) is 0 Å². The average Bonchev–Trinajstić information content (AvgIpc) is 2.29. The molecule has 0 N–H and O–H groups in total. The van der Waals surface area contributed by atoms with Gasteiger partial charge in [-0.15, -0.1) is 0 Å². The van der Waals surface area contributed by atoms with Gasteiger partial charge in [-0.3, -0.25) is 4.79 Å². The van der Waals surface area contributed by atoms with Gasteiger partial charge >= 0.3 is 0 Å². The number of carbonyl (C=O) groups excluding carboxylic acids is 1. The highest BCUT2D eigenvalue weighted by Crippen LogP contribution is 2.37. The number of aryl methyl sites for hydroxylation is 1. The largest absolute Gasteiger partial charge is 0.293 e. The van der Waals surface area contributed by atoms with Gasteiger partial charge in [0, 0.05) is 10.6 Å². The van der Waals surface area contributed by atoms with Crippen molar-refractivity contribution in [1.82, 2.24) is 0 Å². The molecule has 1 aliphatic rings. The second kappa shape index (κ2) is 5.77. The molecule has 2 rings (SSSR count). The Bertz CT molecular complexity index is 505. The molecule has 0 spiro atoms. The number of thiocyanates is 1. The predicted octanol–water partition coefficient (Wildman–Crippen LogP) is 4.21. The van der Waals surface area contributed by atoms with Gasteiger partial charge in [-0.1, -0.05) is 18.0 Å². The van der Waals surface area contributed by atoms with Crippen LogP contribution in [0.25, 0.3) is 0 Å². The van der Waals surface area contributed by atoms with Gasteiger partial charge in [0.15, 0.2) is 5.78 Å². The Balaban J connectivity index is 2.21. The first-order valence-corrected chi connectivity index (χ1v) is 7.24. The highest BCUT2D eigenvalue weighted by atomic mass is 35.5. The number of Topliss-reactive ketones (excluding diaryl/α,β-unsaturated/α-hetero) is 1. The Morgan fingerprint density at radius 2 is 2.28 bits per heavy atom. The van der Waals surface area contributed by atoms with Crippen molar-refractivity contribution in [3.05, 3.63) is 34.3 Å². The molecule has 1 aromatic carbocycles. The number of halogens is 1. The summed E-state index contributed by atoms with van der Waals surface area (Å²) in [6.45, 7) is 1.88. The van der Waals surface area contributed by atoms with Crippen LogP contribution in [0.15, 0.2) is 18.2 Å². The Labute approximate surface area is 116 Å². The smallest absolute Gasteiger partial charge is 0.177 e. The molecule has 18 heavy (non-hydrogen) atoms. The maximum atomic E-state index is 12.4.